The summed E-state index contributed by atoms with van der Waals surface area (Å²) in [5, 5.41) is 17.5. The second kappa shape index (κ2) is 28.8. The number of hydrogen-bond acceptors (Lipinski definition) is 13. The number of isothiocyanates is 1. The summed E-state index contributed by atoms with van der Waals surface area (Å²) in [6, 6.07) is 16.1. The van der Waals surface area contributed by atoms with Gasteiger partial charge in [-0.3, -0.25) is 34.7 Å². The monoisotopic (exact) mass is 983 g/mol. The van der Waals surface area contributed by atoms with Crippen molar-refractivity contribution in [3.63, 3.8) is 0 Å². The molecule has 2 N–H and O–H groups in total. The summed E-state index contributed by atoms with van der Waals surface area (Å²) in [5.74, 6) is 0. The standard InChI is InChI=1S/C24H17N3O6.C19H21F3N3S.CNS.Ru/c28-15-31-8-3-18-1-6-25-21(11-18)23-13-20(5-10-33-17-30)14-24(27-23)22-12-19(2-7-26-22)4-9-32-16-29;1-2-3-4-5-6-13-8-10-26-18(13)14-7-9-25-16(11-14)15(23)12-17(24)19(20,21)22;2-1-3;/h1-17H;7-12,23-24H,2-6H2,1H3;;/q;2*-1;+2/b8-3+,9-4+,10-5+;15-12-,24-17?;;. The number of halogens is 3. The maximum Gasteiger partial charge on any atom is 2.00 e. The van der Waals surface area contributed by atoms with Crippen LogP contribution in [0, 0.1) is 5.41 Å². The zero-order valence-corrected chi connectivity index (χ0v) is 36.7. The van der Waals surface area contributed by atoms with Crippen LogP contribution in [0.5, 0.6) is 0 Å². The number of nitrogens with zero attached hydrogens (tertiary/aromatic N) is 5. The van der Waals surface area contributed by atoms with E-state index >= 15 is 0 Å². The van der Waals surface area contributed by atoms with E-state index < -0.39 is 17.6 Å². The molecule has 5 aromatic rings. The van der Waals surface area contributed by atoms with E-state index in [2.05, 4.69) is 59.4 Å². The fraction of sp³-hybridized carbons (Fsp3) is 0.159. The summed E-state index contributed by atoms with van der Waals surface area (Å²) >= 11 is 5.27. The van der Waals surface area contributed by atoms with Crippen molar-refractivity contribution >= 4 is 77.8 Å². The quantitative estimate of drug-likeness (QED) is 0.0157. The fourth-order valence-electron chi connectivity index (χ4n) is 5.29. The van der Waals surface area contributed by atoms with Crippen molar-refractivity contribution in [2.45, 2.75) is 45.2 Å². The van der Waals surface area contributed by atoms with Crippen molar-refractivity contribution in [3.8, 4) is 33.2 Å². The molecule has 0 radical (unpaired) electrons. The summed E-state index contributed by atoms with van der Waals surface area (Å²) in [6.07, 6.45) is 14.6. The van der Waals surface area contributed by atoms with Crippen molar-refractivity contribution in [2.24, 2.45) is 0 Å². The second-order valence-corrected chi connectivity index (χ2v) is 13.4. The van der Waals surface area contributed by atoms with E-state index in [4.69, 9.17) is 16.6 Å². The molecule has 326 valence electrons. The second-order valence-electron chi connectivity index (χ2n) is 12.3. The Kier molecular flexibility index (Phi) is 24.0. The molecule has 0 fully saturated rings. The molecule has 0 unspecified atom stereocenters. The molecule has 0 spiro atoms. The van der Waals surface area contributed by atoms with Crippen molar-refractivity contribution in [3.05, 3.63) is 143 Å². The first kappa shape index (κ1) is 52.5. The Balaban J connectivity index is 0.000000412. The van der Waals surface area contributed by atoms with Crippen LogP contribution in [0.4, 0.5) is 13.2 Å². The van der Waals surface area contributed by atoms with Gasteiger partial charge in [-0.25, -0.2) is 4.98 Å². The molecular weight excluding hydrogens is 945 g/mol. The minimum absolute atomic E-state index is 0. The van der Waals surface area contributed by atoms with Gasteiger partial charge in [-0.2, -0.15) is 18.3 Å². The van der Waals surface area contributed by atoms with E-state index in [0.29, 0.717) is 53.8 Å². The number of pyridine rings is 4. The average molecular weight is 983 g/mol. The molecule has 0 aliphatic carbocycles. The number of unbranched alkanes of at least 4 members (excludes halogenated alkanes) is 3. The van der Waals surface area contributed by atoms with Gasteiger partial charge >= 0.3 is 25.7 Å². The third-order valence-corrected chi connectivity index (χ3v) is 9.07. The van der Waals surface area contributed by atoms with E-state index in [0.717, 1.165) is 34.4 Å². The predicted octanol–water partition coefficient (Wildman–Crippen LogP) is 11.2. The number of ether oxygens (including phenoxy) is 3. The Labute approximate surface area is 383 Å². The van der Waals surface area contributed by atoms with Crippen LogP contribution in [0.15, 0.2) is 103 Å². The first-order valence-electron chi connectivity index (χ1n) is 18.3. The smallest absolute Gasteiger partial charge is 0.753 e. The van der Waals surface area contributed by atoms with E-state index in [1.807, 2.05) is 5.38 Å². The Morgan fingerprint density at radius 1 is 0.794 bits per heavy atom. The van der Waals surface area contributed by atoms with Crippen molar-refractivity contribution in [1.29, 1.82) is 5.41 Å². The molecule has 0 saturated carbocycles. The Morgan fingerprint density at radius 2 is 1.30 bits per heavy atom. The van der Waals surface area contributed by atoms with Gasteiger partial charge in [0, 0.05) is 29.2 Å². The predicted molar refractivity (Wildman–Crippen MR) is 237 cm³/mol. The van der Waals surface area contributed by atoms with Gasteiger partial charge in [-0.05, 0) is 125 Å². The molecule has 0 bridgehead atoms. The SMILES string of the molecule is CCCCCCc1ccsc1-c1ccnc(/C([NH-])=C/C(=N)C(F)(F)F)c1.O=CO/C=C/c1ccnc(-c2cc(/C=C/OC=O)cc(-c3cc(/C=C/OC=O)ccn3)n2)c1.[N-]=C=S.[Ru+2]. The number of hydrogen-bond donors (Lipinski definition) is 1. The van der Waals surface area contributed by atoms with Crippen LogP contribution in [0.1, 0.15) is 60.6 Å². The largest absolute Gasteiger partial charge is 2.00 e. The fourth-order valence-corrected chi connectivity index (χ4v) is 6.24. The number of rotatable bonds is 19. The summed E-state index contributed by atoms with van der Waals surface area (Å²) in [7, 11) is 0. The van der Waals surface area contributed by atoms with Crippen LogP contribution in [0.25, 0.3) is 68.3 Å². The summed E-state index contributed by atoms with van der Waals surface area (Å²) in [6.45, 7) is 3.13. The molecular formula is C44H38F3N7O6RuS2. The molecule has 0 aliphatic heterocycles. The Hall–Kier alpha value is -6.65. The zero-order valence-electron chi connectivity index (χ0n) is 33.3. The van der Waals surface area contributed by atoms with Crippen LogP contribution in [-0.2, 0) is 54.5 Å². The number of aryl methyl sites for hydroxylation is 1. The number of alkyl halides is 3. The number of allylic oxidation sites excluding steroid dienone is 1. The summed E-state index contributed by atoms with van der Waals surface area (Å²) in [5.41, 5.74) is 12.4. The van der Waals surface area contributed by atoms with Crippen LogP contribution >= 0.6 is 23.6 Å². The number of carbonyl (C=O) groups excluding carboxylic acids is 3. The van der Waals surface area contributed by atoms with Gasteiger partial charge in [0.25, 0.3) is 19.4 Å². The third-order valence-electron chi connectivity index (χ3n) is 8.06. The van der Waals surface area contributed by atoms with E-state index in [-0.39, 0.29) is 25.2 Å². The van der Waals surface area contributed by atoms with Gasteiger partial charge in [-0.15, -0.1) is 17.0 Å². The molecule has 0 atom stereocenters. The molecule has 5 heterocycles. The molecule has 0 saturated heterocycles. The molecule has 0 amide bonds. The Bertz CT molecular complexity index is 2350. The van der Waals surface area contributed by atoms with Crippen molar-refractivity contribution in [1.82, 2.24) is 19.9 Å². The third kappa shape index (κ3) is 18.5. The molecule has 13 nitrogen and oxygen atoms in total. The molecule has 5 aromatic heterocycles. The maximum absolute atomic E-state index is 12.5. The molecule has 19 heteroatoms. The van der Waals surface area contributed by atoms with Gasteiger partial charge < -0.3 is 25.4 Å². The zero-order chi connectivity index (χ0) is 45.2. The van der Waals surface area contributed by atoms with Gasteiger partial charge in [0.2, 0.25) is 0 Å². The van der Waals surface area contributed by atoms with Crippen LogP contribution in [0.2, 0.25) is 0 Å². The van der Waals surface area contributed by atoms with Crippen molar-refractivity contribution in [2.75, 3.05) is 0 Å². The van der Waals surface area contributed by atoms with E-state index in [9.17, 15) is 27.6 Å². The van der Waals surface area contributed by atoms with Crippen LogP contribution in [-0.4, -0.2) is 56.4 Å². The van der Waals surface area contributed by atoms with Gasteiger partial charge in [0.1, 0.15) is 5.71 Å². The first-order valence-corrected chi connectivity index (χ1v) is 19.6. The van der Waals surface area contributed by atoms with E-state index in [1.54, 1.807) is 90.5 Å². The number of carbonyl (C=O) groups is 3. The summed E-state index contributed by atoms with van der Waals surface area (Å²) < 4.78 is 51.3. The minimum atomic E-state index is -4.76. The summed E-state index contributed by atoms with van der Waals surface area (Å²) in [4.78, 5) is 49.6. The average Bonchev–Trinajstić information content (AvgIpc) is 3.74. The van der Waals surface area contributed by atoms with Gasteiger partial charge in [0.05, 0.1) is 41.6 Å². The maximum atomic E-state index is 12.5. The topological polar surface area (TPSA) is 200 Å². The van der Waals surface area contributed by atoms with Crippen LogP contribution < -0.4 is 0 Å². The Morgan fingerprint density at radius 3 is 1.81 bits per heavy atom. The minimum Gasteiger partial charge on any atom is -0.753 e. The number of thiophene rings is 1. The van der Waals surface area contributed by atoms with Crippen LogP contribution in [0.3, 0.4) is 0 Å². The first-order chi connectivity index (χ1) is 30.0. The van der Waals surface area contributed by atoms with Crippen molar-refractivity contribution < 1.29 is 61.2 Å². The number of nitrogens with one attached hydrogen (secondary N) is 2. The van der Waals surface area contributed by atoms with Gasteiger partial charge in [0.15, 0.2) is 0 Å². The normalized spacial score (nSPS) is 11.0. The van der Waals surface area contributed by atoms with E-state index in [1.165, 1.54) is 55.0 Å². The number of thiocarbonyl (C=S) groups is 1. The molecule has 0 aliphatic rings. The molecule has 5 rings (SSSR count). The molecule has 63 heavy (non-hydrogen) atoms. The molecule has 0 aromatic carbocycles. The van der Waals surface area contributed by atoms with Gasteiger partial charge in [-0.1, -0.05) is 38.4 Å². The number of aromatic nitrogens is 4.